The molecule has 1 aromatic heterocycles. The lowest BCUT2D eigenvalue weighted by atomic mass is 10.1. The summed E-state index contributed by atoms with van der Waals surface area (Å²) >= 11 is 1.66. The van der Waals surface area contributed by atoms with Gasteiger partial charge in [0, 0.05) is 17.5 Å². The van der Waals surface area contributed by atoms with Crippen molar-refractivity contribution in [1.29, 1.82) is 0 Å². The van der Waals surface area contributed by atoms with Crippen molar-refractivity contribution in [2.75, 3.05) is 6.54 Å². The molecule has 0 bridgehead atoms. The zero-order valence-corrected chi connectivity index (χ0v) is 11.5. The number of nitrogens with zero attached hydrogens (tertiary/aromatic N) is 1. The molecule has 0 radical (unpaired) electrons. The predicted octanol–water partition coefficient (Wildman–Crippen LogP) is 1.87. The van der Waals surface area contributed by atoms with E-state index in [-0.39, 0.29) is 17.9 Å². The van der Waals surface area contributed by atoms with Gasteiger partial charge in [0.2, 0.25) is 5.91 Å². The number of aryl methyl sites for hydroxylation is 1. The van der Waals surface area contributed by atoms with Crippen molar-refractivity contribution >= 4 is 17.2 Å². The average Bonchev–Trinajstić information content (AvgIpc) is 2.77. The number of carbonyl (C=O) groups is 1. The summed E-state index contributed by atoms with van der Waals surface area (Å²) in [6.45, 7) is 6.58. The third-order valence-electron chi connectivity index (χ3n) is 2.60. The quantitative estimate of drug-likeness (QED) is 0.815. The number of hydrogen-bond donors (Lipinski definition) is 2. The first-order valence-corrected chi connectivity index (χ1v) is 6.82. The smallest absolute Gasteiger partial charge is 0.220 e. The van der Waals surface area contributed by atoms with E-state index in [1.165, 1.54) is 4.88 Å². The molecule has 0 saturated carbocycles. The lowest BCUT2D eigenvalue weighted by molar-refractivity contribution is -0.122. The third-order valence-corrected chi connectivity index (χ3v) is 3.93. The predicted molar refractivity (Wildman–Crippen MR) is 70.9 cm³/mol. The van der Waals surface area contributed by atoms with E-state index in [0.717, 1.165) is 11.4 Å². The maximum atomic E-state index is 11.7. The summed E-state index contributed by atoms with van der Waals surface area (Å²) in [6, 6.07) is -0.0159. The minimum atomic E-state index is -0.0159. The third kappa shape index (κ3) is 4.44. The van der Waals surface area contributed by atoms with E-state index in [2.05, 4.69) is 17.2 Å². The molecule has 1 amide bonds. The van der Waals surface area contributed by atoms with Crippen molar-refractivity contribution in [3.05, 3.63) is 16.1 Å². The molecular weight excluding hydrogens is 234 g/mol. The Balaban J connectivity index is 2.48. The van der Waals surface area contributed by atoms with Crippen molar-refractivity contribution in [2.24, 2.45) is 11.7 Å². The van der Waals surface area contributed by atoms with E-state index in [1.807, 2.05) is 20.0 Å². The number of thiazole rings is 1. The van der Waals surface area contributed by atoms with E-state index >= 15 is 0 Å². The first-order chi connectivity index (χ1) is 8.06. The maximum Gasteiger partial charge on any atom is 0.220 e. The van der Waals surface area contributed by atoms with Crippen LogP contribution in [0.15, 0.2) is 6.20 Å². The molecular formula is C12H21N3OS. The number of nitrogens with one attached hydrogen (secondary N) is 1. The summed E-state index contributed by atoms with van der Waals surface area (Å²) in [7, 11) is 0. The molecule has 5 heteroatoms. The van der Waals surface area contributed by atoms with Crippen LogP contribution in [0.3, 0.4) is 0 Å². The van der Waals surface area contributed by atoms with Gasteiger partial charge in [-0.2, -0.15) is 0 Å². The molecule has 0 aromatic carbocycles. The van der Waals surface area contributed by atoms with Crippen molar-refractivity contribution in [1.82, 2.24) is 10.3 Å². The fraction of sp³-hybridized carbons (Fsp3) is 0.667. The molecule has 0 saturated heterocycles. The van der Waals surface area contributed by atoms with Gasteiger partial charge in [0.15, 0.2) is 0 Å². The molecule has 0 aliphatic rings. The van der Waals surface area contributed by atoms with Crippen molar-refractivity contribution < 1.29 is 4.79 Å². The van der Waals surface area contributed by atoms with Crippen LogP contribution in [0.5, 0.6) is 0 Å². The van der Waals surface area contributed by atoms with Crippen LogP contribution in [0.2, 0.25) is 0 Å². The second-order valence-electron chi connectivity index (χ2n) is 4.35. The highest BCUT2D eigenvalue weighted by Crippen LogP contribution is 2.20. The Morgan fingerprint density at radius 3 is 2.82 bits per heavy atom. The molecule has 0 aliphatic heterocycles. The molecule has 1 heterocycles. The minimum Gasteiger partial charge on any atom is -0.347 e. The molecule has 96 valence electrons. The standard InChI is InChI=1S/C12H21N3OS/c1-4-10-7-14-12(17-10)9(3)15-11(16)5-8(2)6-13/h7-9H,4-6,13H2,1-3H3,(H,15,16). The number of nitrogens with two attached hydrogens (primary N) is 1. The van der Waals surface area contributed by atoms with Crippen LogP contribution < -0.4 is 11.1 Å². The van der Waals surface area contributed by atoms with E-state index in [1.54, 1.807) is 11.3 Å². The summed E-state index contributed by atoms with van der Waals surface area (Å²) in [4.78, 5) is 17.2. The number of rotatable bonds is 6. The summed E-state index contributed by atoms with van der Waals surface area (Å²) in [5, 5.41) is 3.92. The first kappa shape index (κ1) is 14.1. The minimum absolute atomic E-state index is 0.0159. The number of carbonyl (C=O) groups excluding carboxylic acids is 1. The monoisotopic (exact) mass is 255 g/mol. The van der Waals surface area contributed by atoms with E-state index in [4.69, 9.17) is 5.73 Å². The van der Waals surface area contributed by atoms with Crippen LogP contribution in [0.1, 0.15) is 43.1 Å². The Hall–Kier alpha value is -0.940. The highest BCUT2D eigenvalue weighted by atomic mass is 32.1. The molecule has 2 unspecified atom stereocenters. The Morgan fingerprint density at radius 1 is 1.59 bits per heavy atom. The highest BCUT2D eigenvalue weighted by molar-refractivity contribution is 7.11. The lowest BCUT2D eigenvalue weighted by Gasteiger charge is -2.13. The molecule has 17 heavy (non-hydrogen) atoms. The van der Waals surface area contributed by atoms with Gasteiger partial charge in [-0.15, -0.1) is 11.3 Å². The zero-order chi connectivity index (χ0) is 12.8. The molecule has 0 fully saturated rings. The summed E-state index contributed by atoms with van der Waals surface area (Å²) in [6.07, 6.45) is 3.35. The van der Waals surface area contributed by atoms with Gasteiger partial charge in [-0.05, 0) is 25.8 Å². The molecule has 3 N–H and O–H groups in total. The Morgan fingerprint density at radius 2 is 2.29 bits per heavy atom. The van der Waals surface area contributed by atoms with Gasteiger partial charge in [0.05, 0.1) is 6.04 Å². The van der Waals surface area contributed by atoms with Gasteiger partial charge in [0.1, 0.15) is 5.01 Å². The first-order valence-electron chi connectivity index (χ1n) is 6.00. The second-order valence-corrected chi connectivity index (χ2v) is 5.50. The Kier molecular flexibility index (Phi) is 5.58. The van der Waals surface area contributed by atoms with Crippen LogP contribution in [-0.2, 0) is 11.2 Å². The normalized spacial score (nSPS) is 14.4. The van der Waals surface area contributed by atoms with Crippen molar-refractivity contribution in [3.8, 4) is 0 Å². The molecule has 1 rings (SSSR count). The molecule has 1 aromatic rings. The maximum absolute atomic E-state index is 11.7. The fourth-order valence-electron chi connectivity index (χ4n) is 1.45. The zero-order valence-electron chi connectivity index (χ0n) is 10.7. The summed E-state index contributed by atoms with van der Waals surface area (Å²) < 4.78 is 0. The van der Waals surface area contributed by atoms with Crippen LogP contribution in [-0.4, -0.2) is 17.4 Å². The van der Waals surface area contributed by atoms with Gasteiger partial charge in [-0.25, -0.2) is 4.98 Å². The van der Waals surface area contributed by atoms with Crippen LogP contribution >= 0.6 is 11.3 Å². The van der Waals surface area contributed by atoms with Gasteiger partial charge in [-0.1, -0.05) is 13.8 Å². The Bertz CT molecular complexity index is 364. The van der Waals surface area contributed by atoms with Gasteiger partial charge in [0.25, 0.3) is 0 Å². The topological polar surface area (TPSA) is 68.0 Å². The highest BCUT2D eigenvalue weighted by Gasteiger charge is 2.14. The summed E-state index contributed by atoms with van der Waals surface area (Å²) in [5.41, 5.74) is 5.49. The fourth-order valence-corrected chi connectivity index (χ4v) is 2.31. The van der Waals surface area contributed by atoms with Gasteiger partial charge >= 0.3 is 0 Å². The Labute approximate surface area is 107 Å². The van der Waals surface area contributed by atoms with E-state index in [9.17, 15) is 4.79 Å². The molecule has 2 atom stereocenters. The van der Waals surface area contributed by atoms with Crippen LogP contribution in [0, 0.1) is 5.92 Å². The lowest BCUT2D eigenvalue weighted by Crippen LogP contribution is -2.29. The van der Waals surface area contributed by atoms with Crippen molar-refractivity contribution in [3.63, 3.8) is 0 Å². The number of aromatic nitrogens is 1. The largest absolute Gasteiger partial charge is 0.347 e. The van der Waals surface area contributed by atoms with E-state index in [0.29, 0.717) is 13.0 Å². The average molecular weight is 255 g/mol. The number of amides is 1. The van der Waals surface area contributed by atoms with Gasteiger partial charge < -0.3 is 11.1 Å². The second kappa shape index (κ2) is 6.71. The number of hydrogen-bond acceptors (Lipinski definition) is 4. The van der Waals surface area contributed by atoms with Crippen LogP contribution in [0.25, 0.3) is 0 Å². The van der Waals surface area contributed by atoms with Gasteiger partial charge in [-0.3, -0.25) is 4.79 Å². The van der Waals surface area contributed by atoms with E-state index < -0.39 is 0 Å². The van der Waals surface area contributed by atoms with Crippen LogP contribution in [0.4, 0.5) is 0 Å². The molecule has 0 aliphatic carbocycles. The summed E-state index contributed by atoms with van der Waals surface area (Å²) in [5.74, 6) is 0.272. The molecule has 0 spiro atoms. The molecule has 4 nitrogen and oxygen atoms in total. The SMILES string of the molecule is CCc1cnc(C(C)NC(=O)CC(C)CN)s1. The van der Waals surface area contributed by atoms with Crippen molar-refractivity contribution in [2.45, 2.75) is 39.7 Å².